The van der Waals surface area contributed by atoms with Gasteiger partial charge in [-0.05, 0) is 44.0 Å². The molecule has 0 heterocycles. The number of ether oxygens (including phenoxy) is 2. The number of nitrogen functional groups attached to an aromatic ring is 1. The van der Waals surface area contributed by atoms with Crippen LogP contribution in [-0.4, -0.2) is 19.6 Å². The summed E-state index contributed by atoms with van der Waals surface area (Å²) in [6.07, 6.45) is -4.64. The SMILES string of the molecule is Nc1cc(Br)c(OCCOC(F)(F)F)c(Br)c1. The molecule has 0 atom stereocenters. The van der Waals surface area contributed by atoms with Crippen LogP contribution >= 0.6 is 31.9 Å². The van der Waals surface area contributed by atoms with Crippen molar-refractivity contribution in [2.45, 2.75) is 6.36 Å². The molecule has 1 aromatic carbocycles. The Hall–Kier alpha value is -0.470. The molecule has 0 amide bonds. The second-order valence-corrected chi connectivity index (χ2v) is 4.67. The minimum Gasteiger partial charge on any atom is -0.489 e. The lowest BCUT2D eigenvalue weighted by Crippen LogP contribution is -2.18. The van der Waals surface area contributed by atoms with Crippen LogP contribution in [-0.2, 0) is 4.74 Å². The zero-order valence-corrected chi connectivity index (χ0v) is 11.5. The Balaban J connectivity index is 2.53. The second kappa shape index (κ2) is 5.92. The molecule has 0 unspecified atom stereocenters. The van der Waals surface area contributed by atoms with E-state index in [1.54, 1.807) is 12.1 Å². The summed E-state index contributed by atoms with van der Waals surface area (Å²) < 4.78 is 44.9. The van der Waals surface area contributed by atoms with Gasteiger partial charge < -0.3 is 10.5 Å². The monoisotopic (exact) mass is 377 g/mol. The van der Waals surface area contributed by atoms with Crippen molar-refractivity contribution in [1.29, 1.82) is 0 Å². The first-order chi connectivity index (χ1) is 7.79. The molecule has 1 aromatic rings. The van der Waals surface area contributed by atoms with E-state index in [-0.39, 0.29) is 6.61 Å². The molecule has 2 N–H and O–H groups in total. The highest BCUT2D eigenvalue weighted by Gasteiger charge is 2.28. The third-order valence-electron chi connectivity index (χ3n) is 1.62. The maximum atomic E-state index is 11.7. The zero-order chi connectivity index (χ0) is 13.1. The maximum absolute atomic E-state index is 11.7. The third kappa shape index (κ3) is 5.13. The highest BCUT2D eigenvalue weighted by atomic mass is 79.9. The average molecular weight is 379 g/mol. The molecule has 0 aromatic heterocycles. The van der Waals surface area contributed by atoms with E-state index >= 15 is 0 Å². The Kier molecular flexibility index (Phi) is 5.08. The minimum absolute atomic E-state index is 0.222. The van der Waals surface area contributed by atoms with Gasteiger partial charge in [0.05, 0.1) is 15.6 Å². The van der Waals surface area contributed by atoms with Crippen molar-refractivity contribution >= 4 is 37.5 Å². The van der Waals surface area contributed by atoms with Gasteiger partial charge >= 0.3 is 6.36 Å². The molecule has 0 aliphatic heterocycles. The molecule has 0 spiro atoms. The minimum atomic E-state index is -4.64. The topological polar surface area (TPSA) is 44.5 Å². The van der Waals surface area contributed by atoms with Crippen LogP contribution in [0.3, 0.4) is 0 Å². The molecule has 17 heavy (non-hydrogen) atoms. The van der Waals surface area contributed by atoms with Crippen molar-refractivity contribution in [2.24, 2.45) is 0 Å². The predicted octanol–water partition coefficient (Wildman–Crippen LogP) is 3.71. The van der Waals surface area contributed by atoms with Gasteiger partial charge in [0.1, 0.15) is 12.4 Å². The maximum Gasteiger partial charge on any atom is 0.522 e. The Morgan fingerprint density at radius 1 is 1.12 bits per heavy atom. The van der Waals surface area contributed by atoms with E-state index in [0.29, 0.717) is 20.4 Å². The summed E-state index contributed by atoms with van der Waals surface area (Å²) in [5, 5.41) is 0. The molecule has 0 saturated heterocycles. The molecule has 0 aliphatic rings. The van der Waals surface area contributed by atoms with E-state index in [1.807, 2.05) is 0 Å². The molecule has 0 saturated carbocycles. The molecule has 0 bridgehead atoms. The molecular formula is C9H8Br2F3NO2. The Bertz CT molecular complexity index is 375. The van der Waals surface area contributed by atoms with Crippen molar-refractivity contribution in [3.05, 3.63) is 21.1 Å². The molecule has 96 valence electrons. The summed E-state index contributed by atoms with van der Waals surface area (Å²) in [6.45, 7) is -0.798. The van der Waals surface area contributed by atoms with Gasteiger partial charge in [-0.25, -0.2) is 0 Å². The summed E-state index contributed by atoms with van der Waals surface area (Å²) in [5.74, 6) is 0.380. The summed E-state index contributed by atoms with van der Waals surface area (Å²) >= 11 is 6.38. The fourth-order valence-electron chi connectivity index (χ4n) is 1.02. The molecule has 3 nitrogen and oxygen atoms in total. The first-order valence-electron chi connectivity index (χ1n) is 4.37. The van der Waals surface area contributed by atoms with Gasteiger partial charge in [-0.1, -0.05) is 0 Å². The summed E-state index contributed by atoms with van der Waals surface area (Å²) in [7, 11) is 0. The van der Waals surface area contributed by atoms with Gasteiger partial charge in [-0.2, -0.15) is 0 Å². The van der Waals surface area contributed by atoms with Gasteiger partial charge in [-0.3, -0.25) is 4.74 Å². The lowest BCUT2D eigenvalue weighted by Gasteiger charge is -2.12. The number of anilines is 1. The normalized spacial score (nSPS) is 11.6. The van der Waals surface area contributed by atoms with Crippen molar-refractivity contribution < 1.29 is 22.6 Å². The van der Waals surface area contributed by atoms with Gasteiger partial charge in [-0.15, -0.1) is 13.2 Å². The van der Waals surface area contributed by atoms with E-state index in [2.05, 4.69) is 36.6 Å². The van der Waals surface area contributed by atoms with Gasteiger partial charge in [0.15, 0.2) is 0 Å². The summed E-state index contributed by atoms with van der Waals surface area (Å²) in [6, 6.07) is 3.18. The Labute approximate surface area is 112 Å². The van der Waals surface area contributed by atoms with E-state index in [9.17, 15) is 13.2 Å². The van der Waals surface area contributed by atoms with E-state index in [1.165, 1.54) is 0 Å². The smallest absolute Gasteiger partial charge is 0.489 e. The van der Waals surface area contributed by atoms with Crippen LogP contribution in [0, 0.1) is 0 Å². The number of benzene rings is 1. The van der Waals surface area contributed by atoms with E-state index in [0.717, 1.165) is 0 Å². The summed E-state index contributed by atoms with van der Waals surface area (Å²) in [4.78, 5) is 0. The first-order valence-corrected chi connectivity index (χ1v) is 5.96. The van der Waals surface area contributed by atoms with Crippen LogP contribution in [0.2, 0.25) is 0 Å². The van der Waals surface area contributed by atoms with Crippen molar-refractivity contribution in [3.8, 4) is 5.75 Å². The number of hydrogen-bond donors (Lipinski definition) is 1. The predicted molar refractivity (Wildman–Crippen MR) is 63.8 cm³/mol. The number of alkyl halides is 3. The average Bonchev–Trinajstić information content (AvgIpc) is 2.13. The Morgan fingerprint density at radius 3 is 2.12 bits per heavy atom. The van der Waals surface area contributed by atoms with Crippen molar-refractivity contribution in [2.75, 3.05) is 18.9 Å². The van der Waals surface area contributed by atoms with Crippen molar-refractivity contribution in [3.63, 3.8) is 0 Å². The fraction of sp³-hybridized carbons (Fsp3) is 0.333. The number of rotatable bonds is 4. The van der Waals surface area contributed by atoms with Crippen LogP contribution in [0.15, 0.2) is 21.1 Å². The van der Waals surface area contributed by atoms with E-state index in [4.69, 9.17) is 10.5 Å². The lowest BCUT2D eigenvalue weighted by atomic mass is 10.3. The number of nitrogens with two attached hydrogens (primary N) is 1. The lowest BCUT2D eigenvalue weighted by molar-refractivity contribution is -0.325. The largest absolute Gasteiger partial charge is 0.522 e. The van der Waals surface area contributed by atoms with Crippen LogP contribution in [0.1, 0.15) is 0 Å². The molecular weight excluding hydrogens is 371 g/mol. The fourth-order valence-corrected chi connectivity index (χ4v) is 2.47. The highest BCUT2D eigenvalue weighted by Crippen LogP contribution is 2.35. The standard InChI is InChI=1S/C9H8Br2F3NO2/c10-6-3-5(15)4-7(11)8(6)16-1-2-17-9(12,13)14/h3-4H,1-2,15H2. The third-order valence-corrected chi connectivity index (χ3v) is 2.79. The highest BCUT2D eigenvalue weighted by molar-refractivity contribution is 9.11. The van der Waals surface area contributed by atoms with Gasteiger partial charge in [0, 0.05) is 5.69 Å². The number of halogens is 5. The van der Waals surface area contributed by atoms with Gasteiger partial charge in [0.25, 0.3) is 0 Å². The molecule has 8 heteroatoms. The van der Waals surface area contributed by atoms with Gasteiger partial charge in [0.2, 0.25) is 0 Å². The first kappa shape index (κ1) is 14.6. The van der Waals surface area contributed by atoms with Crippen molar-refractivity contribution in [1.82, 2.24) is 0 Å². The number of hydrogen-bond acceptors (Lipinski definition) is 3. The van der Waals surface area contributed by atoms with Crippen LogP contribution < -0.4 is 10.5 Å². The Morgan fingerprint density at radius 2 is 1.65 bits per heavy atom. The van der Waals surface area contributed by atoms with Crippen LogP contribution in [0.25, 0.3) is 0 Å². The molecule has 0 fully saturated rings. The van der Waals surface area contributed by atoms with Crippen LogP contribution in [0.5, 0.6) is 5.75 Å². The molecule has 1 rings (SSSR count). The molecule has 0 radical (unpaired) electrons. The van der Waals surface area contributed by atoms with E-state index < -0.39 is 13.0 Å². The van der Waals surface area contributed by atoms with Crippen LogP contribution in [0.4, 0.5) is 18.9 Å². The second-order valence-electron chi connectivity index (χ2n) is 2.96. The molecule has 0 aliphatic carbocycles. The quantitative estimate of drug-likeness (QED) is 0.641. The summed E-state index contributed by atoms with van der Waals surface area (Å²) in [5.41, 5.74) is 6.05. The zero-order valence-electron chi connectivity index (χ0n) is 8.35.